The summed E-state index contributed by atoms with van der Waals surface area (Å²) in [6, 6.07) is -0.0915. The van der Waals surface area contributed by atoms with E-state index in [0.29, 0.717) is 11.5 Å². The number of piperazine rings is 1. The maximum atomic E-state index is 12.1. The minimum atomic E-state index is -0.182. The zero-order valence-corrected chi connectivity index (χ0v) is 13.2. The van der Waals surface area contributed by atoms with Crippen molar-refractivity contribution in [3.63, 3.8) is 0 Å². The molecule has 6 heteroatoms. The molecule has 1 amide bonds. The summed E-state index contributed by atoms with van der Waals surface area (Å²) >= 11 is 4.92. The Morgan fingerprint density at radius 2 is 1.84 bits per heavy atom. The molecule has 0 bridgehead atoms. The van der Waals surface area contributed by atoms with Gasteiger partial charge < -0.3 is 11.1 Å². The summed E-state index contributed by atoms with van der Waals surface area (Å²) in [4.78, 5) is 17.1. The Hall–Kier alpha value is -0.720. The highest BCUT2D eigenvalue weighted by atomic mass is 32.1. The Balaban J connectivity index is 2.42. The first-order valence-electron chi connectivity index (χ1n) is 6.76. The molecular formula is C13H26N4OS. The summed E-state index contributed by atoms with van der Waals surface area (Å²) in [6.45, 7) is 12.2. The number of hydrogen-bond acceptors (Lipinski definition) is 4. The fourth-order valence-electron chi connectivity index (χ4n) is 2.17. The van der Waals surface area contributed by atoms with Crippen molar-refractivity contribution in [1.82, 2.24) is 15.1 Å². The van der Waals surface area contributed by atoms with Gasteiger partial charge in [-0.1, -0.05) is 12.2 Å². The van der Waals surface area contributed by atoms with Gasteiger partial charge in [-0.05, 0) is 27.7 Å². The fraction of sp³-hybridized carbons (Fsp3) is 0.846. The molecule has 1 unspecified atom stereocenters. The largest absolute Gasteiger partial charge is 0.392 e. The minimum absolute atomic E-state index is 0.0915. The van der Waals surface area contributed by atoms with Crippen LogP contribution in [0.1, 0.15) is 27.7 Å². The molecule has 1 fully saturated rings. The van der Waals surface area contributed by atoms with Crippen LogP contribution in [0, 0.1) is 0 Å². The van der Waals surface area contributed by atoms with E-state index in [1.165, 1.54) is 0 Å². The molecule has 0 aromatic carbocycles. The van der Waals surface area contributed by atoms with Crippen LogP contribution < -0.4 is 11.1 Å². The van der Waals surface area contributed by atoms with E-state index in [9.17, 15) is 4.79 Å². The lowest BCUT2D eigenvalue weighted by molar-refractivity contribution is -0.128. The predicted octanol–water partition coefficient (Wildman–Crippen LogP) is 0.193. The van der Waals surface area contributed by atoms with E-state index in [1.54, 1.807) is 0 Å². The van der Waals surface area contributed by atoms with Gasteiger partial charge in [0.1, 0.15) is 0 Å². The number of hydrogen-bond donors (Lipinski definition) is 2. The van der Waals surface area contributed by atoms with E-state index in [-0.39, 0.29) is 17.5 Å². The second kappa shape index (κ2) is 6.63. The van der Waals surface area contributed by atoms with E-state index in [0.717, 1.165) is 26.2 Å². The van der Waals surface area contributed by atoms with Crippen molar-refractivity contribution >= 4 is 23.1 Å². The Labute approximate surface area is 121 Å². The Kier molecular flexibility index (Phi) is 5.70. The number of nitrogens with two attached hydrogens (primary N) is 1. The number of amides is 1. The second-order valence-electron chi connectivity index (χ2n) is 6.19. The summed E-state index contributed by atoms with van der Waals surface area (Å²) < 4.78 is 0. The van der Waals surface area contributed by atoms with Crippen LogP contribution in [-0.4, -0.2) is 65.0 Å². The van der Waals surface area contributed by atoms with Gasteiger partial charge in [-0.15, -0.1) is 0 Å². The summed E-state index contributed by atoms with van der Waals surface area (Å²) in [5.74, 6) is 0.0929. The van der Waals surface area contributed by atoms with E-state index in [2.05, 4.69) is 15.1 Å². The maximum Gasteiger partial charge on any atom is 0.237 e. The average Bonchev–Trinajstić information content (AvgIpc) is 2.26. The lowest BCUT2D eigenvalue weighted by atomic mass is 10.1. The third kappa shape index (κ3) is 5.84. The number of thiocarbonyl (C=S) groups is 1. The lowest BCUT2D eigenvalue weighted by Gasteiger charge is -2.38. The highest BCUT2D eigenvalue weighted by Gasteiger charge is 2.27. The lowest BCUT2D eigenvalue weighted by Crippen LogP contribution is -2.56. The number of nitrogens with one attached hydrogen (secondary N) is 1. The second-order valence-corrected chi connectivity index (χ2v) is 6.72. The molecule has 1 aliphatic rings. The van der Waals surface area contributed by atoms with Gasteiger partial charge in [-0.2, -0.15) is 0 Å². The van der Waals surface area contributed by atoms with E-state index in [1.807, 2.05) is 27.7 Å². The van der Waals surface area contributed by atoms with Crippen LogP contribution in [0.3, 0.4) is 0 Å². The van der Waals surface area contributed by atoms with Crippen LogP contribution in [0.2, 0.25) is 0 Å². The van der Waals surface area contributed by atoms with Crippen molar-refractivity contribution in [3.05, 3.63) is 0 Å². The fourth-order valence-corrected chi connectivity index (χ4v) is 2.35. The highest BCUT2D eigenvalue weighted by Crippen LogP contribution is 2.08. The Morgan fingerprint density at radius 3 is 2.26 bits per heavy atom. The van der Waals surface area contributed by atoms with E-state index >= 15 is 0 Å². The van der Waals surface area contributed by atoms with E-state index < -0.39 is 0 Å². The monoisotopic (exact) mass is 286 g/mol. The molecule has 1 saturated heterocycles. The molecule has 1 heterocycles. The molecular weight excluding hydrogens is 260 g/mol. The van der Waals surface area contributed by atoms with Gasteiger partial charge in [-0.25, -0.2) is 0 Å². The third-order valence-electron chi connectivity index (χ3n) is 3.21. The van der Waals surface area contributed by atoms with Crippen LogP contribution in [0.25, 0.3) is 0 Å². The Bertz CT molecular complexity index is 332. The van der Waals surface area contributed by atoms with Gasteiger partial charge >= 0.3 is 0 Å². The van der Waals surface area contributed by atoms with Crippen LogP contribution >= 0.6 is 12.2 Å². The van der Waals surface area contributed by atoms with Gasteiger partial charge in [0, 0.05) is 38.3 Å². The molecule has 19 heavy (non-hydrogen) atoms. The first kappa shape index (κ1) is 16.3. The summed E-state index contributed by atoms with van der Waals surface area (Å²) in [6.07, 6.45) is 0. The number of rotatable bonds is 4. The zero-order valence-electron chi connectivity index (χ0n) is 12.4. The van der Waals surface area contributed by atoms with Crippen LogP contribution in [-0.2, 0) is 4.79 Å². The normalized spacial score (nSPS) is 20.0. The van der Waals surface area contributed by atoms with Gasteiger partial charge in [0.05, 0.1) is 11.0 Å². The molecule has 0 saturated carbocycles. The molecule has 3 N–H and O–H groups in total. The molecule has 0 spiro atoms. The van der Waals surface area contributed by atoms with E-state index in [4.69, 9.17) is 18.0 Å². The SMILES string of the molecule is CC(C(=O)NC(C)(C)C)N1CCN(CC(N)=S)CC1. The van der Waals surface area contributed by atoms with Crippen molar-refractivity contribution < 1.29 is 4.79 Å². The molecule has 110 valence electrons. The summed E-state index contributed by atoms with van der Waals surface area (Å²) in [5.41, 5.74) is 5.37. The molecule has 0 radical (unpaired) electrons. The van der Waals surface area contributed by atoms with Crippen molar-refractivity contribution in [3.8, 4) is 0 Å². The highest BCUT2D eigenvalue weighted by molar-refractivity contribution is 7.80. The maximum absolute atomic E-state index is 12.1. The molecule has 1 atom stereocenters. The van der Waals surface area contributed by atoms with Gasteiger partial charge in [0.25, 0.3) is 0 Å². The molecule has 0 aliphatic carbocycles. The summed E-state index contributed by atoms with van der Waals surface area (Å²) in [5, 5.41) is 3.02. The number of nitrogens with zero attached hydrogens (tertiary/aromatic N) is 2. The summed E-state index contributed by atoms with van der Waals surface area (Å²) in [7, 11) is 0. The molecule has 0 aromatic rings. The third-order valence-corrected chi connectivity index (χ3v) is 3.34. The van der Waals surface area contributed by atoms with Crippen LogP contribution in [0.15, 0.2) is 0 Å². The van der Waals surface area contributed by atoms with Crippen LogP contribution in [0.5, 0.6) is 0 Å². The molecule has 0 aromatic heterocycles. The minimum Gasteiger partial charge on any atom is -0.392 e. The van der Waals surface area contributed by atoms with Crippen LogP contribution in [0.4, 0.5) is 0 Å². The van der Waals surface area contributed by atoms with Crippen molar-refractivity contribution in [1.29, 1.82) is 0 Å². The number of carbonyl (C=O) groups is 1. The predicted molar refractivity (Wildman–Crippen MR) is 82.2 cm³/mol. The quantitative estimate of drug-likeness (QED) is 0.723. The first-order chi connectivity index (χ1) is 8.69. The van der Waals surface area contributed by atoms with Gasteiger partial charge in [0.15, 0.2) is 0 Å². The van der Waals surface area contributed by atoms with Gasteiger partial charge in [-0.3, -0.25) is 14.6 Å². The Morgan fingerprint density at radius 1 is 1.32 bits per heavy atom. The smallest absolute Gasteiger partial charge is 0.237 e. The zero-order chi connectivity index (χ0) is 14.6. The number of carbonyl (C=O) groups excluding carboxylic acids is 1. The van der Waals surface area contributed by atoms with Crippen molar-refractivity contribution in [2.24, 2.45) is 5.73 Å². The average molecular weight is 286 g/mol. The van der Waals surface area contributed by atoms with Crippen molar-refractivity contribution in [2.75, 3.05) is 32.7 Å². The molecule has 1 aliphatic heterocycles. The standard InChI is InChI=1S/C13H26N4OS/c1-10(12(18)15-13(2,3)4)17-7-5-16(6-8-17)9-11(14)19/h10H,5-9H2,1-4H3,(H2,14,19)(H,15,18). The molecule has 5 nitrogen and oxygen atoms in total. The topological polar surface area (TPSA) is 61.6 Å². The van der Waals surface area contributed by atoms with Gasteiger partial charge in [0.2, 0.25) is 5.91 Å². The molecule has 1 rings (SSSR count). The van der Waals surface area contributed by atoms with Crippen molar-refractivity contribution in [2.45, 2.75) is 39.3 Å². The first-order valence-corrected chi connectivity index (χ1v) is 7.16.